The van der Waals surface area contributed by atoms with Crippen LogP contribution in [0.1, 0.15) is 67.2 Å². The van der Waals surface area contributed by atoms with E-state index in [-0.39, 0.29) is 5.54 Å². The van der Waals surface area contributed by atoms with Crippen LogP contribution in [0.5, 0.6) is 0 Å². The van der Waals surface area contributed by atoms with Gasteiger partial charge in [0.15, 0.2) is 0 Å². The number of nitrogens with zero attached hydrogens (tertiary/aromatic N) is 2. The third-order valence-electron chi connectivity index (χ3n) is 4.53. The standard InChI is InChI=1S/C18H35N3/c1-7-17(8-2)21(11-14(3)4)13-18(12-19,16-9-10-16)20-15(5)6/h14-17,20H,7-11,13H2,1-6H3. The van der Waals surface area contributed by atoms with Crippen LogP contribution >= 0.6 is 0 Å². The van der Waals surface area contributed by atoms with Crippen LogP contribution in [0.2, 0.25) is 0 Å². The van der Waals surface area contributed by atoms with Crippen LogP contribution in [0.4, 0.5) is 0 Å². The molecule has 1 atom stereocenters. The Kier molecular flexibility index (Phi) is 7.16. The van der Waals surface area contributed by atoms with Gasteiger partial charge in [0.05, 0.1) is 6.07 Å². The van der Waals surface area contributed by atoms with Gasteiger partial charge in [0.2, 0.25) is 0 Å². The summed E-state index contributed by atoms with van der Waals surface area (Å²) >= 11 is 0. The zero-order valence-corrected chi connectivity index (χ0v) is 14.9. The fraction of sp³-hybridized carbons (Fsp3) is 0.944. The van der Waals surface area contributed by atoms with Crippen LogP contribution in [0.3, 0.4) is 0 Å². The Morgan fingerprint density at radius 3 is 2.10 bits per heavy atom. The highest BCUT2D eigenvalue weighted by Gasteiger charge is 2.47. The van der Waals surface area contributed by atoms with Gasteiger partial charge in [-0.3, -0.25) is 10.2 Å². The van der Waals surface area contributed by atoms with E-state index in [1.54, 1.807) is 0 Å². The van der Waals surface area contributed by atoms with Gasteiger partial charge in [0, 0.05) is 25.2 Å². The van der Waals surface area contributed by atoms with E-state index in [0.29, 0.717) is 23.9 Å². The largest absolute Gasteiger partial charge is 0.297 e. The maximum atomic E-state index is 9.91. The molecule has 0 radical (unpaired) electrons. The third-order valence-corrected chi connectivity index (χ3v) is 4.53. The van der Waals surface area contributed by atoms with Crippen molar-refractivity contribution >= 4 is 0 Å². The average molecular weight is 293 g/mol. The maximum Gasteiger partial charge on any atom is 0.122 e. The third kappa shape index (κ3) is 5.27. The summed E-state index contributed by atoms with van der Waals surface area (Å²) in [6, 6.07) is 3.61. The van der Waals surface area contributed by atoms with Gasteiger partial charge < -0.3 is 0 Å². The van der Waals surface area contributed by atoms with Crippen LogP contribution < -0.4 is 5.32 Å². The Balaban J connectivity index is 2.92. The molecule has 1 aliphatic rings. The molecule has 0 aromatic rings. The van der Waals surface area contributed by atoms with Crippen molar-refractivity contribution < 1.29 is 0 Å². The SMILES string of the molecule is CCC(CC)N(CC(C)C)CC(C#N)(NC(C)C)C1CC1. The predicted molar refractivity (Wildman–Crippen MR) is 90.1 cm³/mol. The van der Waals surface area contributed by atoms with Crippen molar-refractivity contribution in [2.24, 2.45) is 11.8 Å². The lowest BCUT2D eigenvalue weighted by atomic mass is 9.91. The topological polar surface area (TPSA) is 39.1 Å². The van der Waals surface area contributed by atoms with Gasteiger partial charge in [-0.15, -0.1) is 0 Å². The number of hydrogen-bond acceptors (Lipinski definition) is 3. The molecule has 3 nitrogen and oxygen atoms in total. The van der Waals surface area contributed by atoms with Crippen molar-refractivity contribution in [1.82, 2.24) is 10.2 Å². The highest BCUT2D eigenvalue weighted by Crippen LogP contribution is 2.40. The Labute approximate surface area is 132 Å². The Morgan fingerprint density at radius 2 is 1.76 bits per heavy atom. The monoisotopic (exact) mass is 293 g/mol. The van der Waals surface area contributed by atoms with Crippen molar-refractivity contribution in [2.45, 2.75) is 84.8 Å². The van der Waals surface area contributed by atoms with Crippen molar-refractivity contribution in [3.05, 3.63) is 0 Å². The second-order valence-corrected chi connectivity index (χ2v) is 7.45. The van der Waals surface area contributed by atoms with Gasteiger partial charge in [-0.2, -0.15) is 5.26 Å². The molecule has 1 fully saturated rings. The van der Waals surface area contributed by atoms with Crippen molar-refractivity contribution in [3.8, 4) is 6.07 Å². The molecule has 0 heterocycles. The molecule has 1 saturated carbocycles. The minimum atomic E-state index is -0.356. The van der Waals surface area contributed by atoms with Crippen LogP contribution in [-0.2, 0) is 0 Å². The smallest absolute Gasteiger partial charge is 0.122 e. The van der Waals surface area contributed by atoms with E-state index >= 15 is 0 Å². The molecule has 1 rings (SSSR count). The quantitative estimate of drug-likeness (QED) is 0.666. The Hall–Kier alpha value is -0.590. The summed E-state index contributed by atoms with van der Waals surface area (Å²) in [5.74, 6) is 1.18. The highest BCUT2D eigenvalue weighted by atomic mass is 15.2. The first-order chi connectivity index (χ1) is 9.88. The van der Waals surface area contributed by atoms with E-state index in [2.05, 4.69) is 57.8 Å². The summed E-state index contributed by atoms with van der Waals surface area (Å²) < 4.78 is 0. The first-order valence-electron chi connectivity index (χ1n) is 8.81. The fourth-order valence-corrected chi connectivity index (χ4v) is 3.48. The lowest BCUT2D eigenvalue weighted by Gasteiger charge is -2.40. The van der Waals surface area contributed by atoms with E-state index in [4.69, 9.17) is 0 Å². The van der Waals surface area contributed by atoms with Gasteiger partial charge in [0.1, 0.15) is 5.54 Å². The first-order valence-corrected chi connectivity index (χ1v) is 8.81. The summed E-state index contributed by atoms with van der Waals surface area (Å²) in [5, 5.41) is 13.5. The second kappa shape index (κ2) is 8.15. The molecule has 0 spiro atoms. The van der Waals surface area contributed by atoms with Gasteiger partial charge in [-0.25, -0.2) is 0 Å². The summed E-state index contributed by atoms with van der Waals surface area (Å²) in [6.45, 7) is 15.3. The summed E-state index contributed by atoms with van der Waals surface area (Å²) in [7, 11) is 0. The summed E-state index contributed by atoms with van der Waals surface area (Å²) in [4.78, 5) is 2.57. The zero-order valence-electron chi connectivity index (χ0n) is 14.9. The normalized spacial score (nSPS) is 18.5. The number of rotatable bonds is 10. The van der Waals surface area contributed by atoms with Crippen molar-refractivity contribution in [2.75, 3.05) is 13.1 Å². The van der Waals surface area contributed by atoms with Crippen LogP contribution in [0, 0.1) is 23.2 Å². The molecule has 3 heteroatoms. The molecular formula is C18H35N3. The minimum Gasteiger partial charge on any atom is -0.297 e. The molecule has 0 aromatic carbocycles. The molecule has 122 valence electrons. The lowest BCUT2D eigenvalue weighted by molar-refractivity contribution is 0.119. The van der Waals surface area contributed by atoms with E-state index in [1.165, 1.54) is 12.8 Å². The zero-order chi connectivity index (χ0) is 16.0. The Morgan fingerprint density at radius 1 is 1.19 bits per heavy atom. The van der Waals surface area contributed by atoms with Gasteiger partial charge in [-0.1, -0.05) is 27.7 Å². The molecule has 0 aromatic heterocycles. The predicted octanol–water partition coefficient (Wildman–Crippen LogP) is 3.80. The van der Waals surface area contributed by atoms with Crippen molar-refractivity contribution in [1.29, 1.82) is 5.26 Å². The molecular weight excluding hydrogens is 258 g/mol. The van der Waals surface area contributed by atoms with Crippen molar-refractivity contribution in [3.63, 3.8) is 0 Å². The molecule has 0 saturated heterocycles. The maximum absolute atomic E-state index is 9.91. The number of nitriles is 1. The minimum absolute atomic E-state index is 0.354. The molecule has 0 bridgehead atoms. The summed E-state index contributed by atoms with van der Waals surface area (Å²) in [6.07, 6.45) is 4.73. The molecule has 1 N–H and O–H groups in total. The van der Waals surface area contributed by atoms with E-state index in [9.17, 15) is 5.26 Å². The highest BCUT2D eigenvalue weighted by molar-refractivity contribution is 5.17. The summed E-state index contributed by atoms with van der Waals surface area (Å²) in [5.41, 5.74) is -0.356. The second-order valence-electron chi connectivity index (χ2n) is 7.45. The fourth-order valence-electron chi connectivity index (χ4n) is 3.48. The first kappa shape index (κ1) is 18.5. The van der Waals surface area contributed by atoms with E-state index < -0.39 is 0 Å². The molecule has 21 heavy (non-hydrogen) atoms. The van der Waals surface area contributed by atoms with Crippen LogP contribution in [0.25, 0.3) is 0 Å². The Bertz CT molecular complexity index is 337. The van der Waals surface area contributed by atoms with Gasteiger partial charge >= 0.3 is 0 Å². The van der Waals surface area contributed by atoms with Crippen LogP contribution in [0.15, 0.2) is 0 Å². The molecule has 0 aliphatic heterocycles. The lowest BCUT2D eigenvalue weighted by Crippen LogP contribution is -2.58. The molecule has 0 amide bonds. The van der Waals surface area contributed by atoms with E-state index in [1.807, 2.05) is 0 Å². The number of nitrogens with one attached hydrogen (secondary N) is 1. The van der Waals surface area contributed by atoms with Gasteiger partial charge in [-0.05, 0) is 51.4 Å². The number of hydrogen-bond donors (Lipinski definition) is 1. The molecule has 1 aliphatic carbocycles. The molecule has 1 unspecified atom stereocenters. The van der Waals surface area contributed by atoms with Crippen LogP contribution in [-0.4, -0.2) is 35.6 Å². The van der Waals surface area contributed by atoms with Gasteiger partial charge in [0.25, 0.3) is 0 Å². The average Bonchev–Trinajstić information content (AvgIpc) is 3.22. The van der Waals surface area contributed by atoms with E-state index in [0.717, 1.165) is 25.9 Å².